The van der Waals surface area contributed by atoms with Crippen molar-refractivity contribution < 1.29 is 0 Å². The molecule has 1 aromatic rings. The lowest BCUT2D eigenvalue weighted by molar-refractivity contribution is 0.517. The third-order valence-corrected chi connectivity index (χ3v) is 2.27. The zero-order valence-electron chi connectivity index (χ0n) is 8.17. The first kappa shape index (κ1) is 9.31. The monoisotopic (exact) mass is 161 g/mol. The van der Waals surface area contributed by atoms with Gasteiger partial charge in [0.15, 0.2) is 0 Å². The van der Waals surface area contributed by atoms with E-state index in [1.165, 1.54) is 5.56 Å². The molecule has 0 saturated carbocycles. The molecule has 0 heterocycles. The Hall–Kier alpha value is -0.780. The van der Waals surface area contributed by atoms with Gasteiger partial charge in [0.25, 0.3) is 0 Å². The van der Waals surface area contributed by atoms with Gasteiger partial charge in [-0.1, -0.05) is 51.1 Å². The lowest BCUT2D eigenvalue weighted by Gasteiger charge is -2.24. The normalized spacial score (nSPS) is 11.6. The minimum Gasteiger partial charge on any atom is -0.0622 e. The van der Waals surface area contributed by atoms with Gasteiger partial charge in [-0.05, 0) is 23.8 Å². The molecule has 0 N–H and O–H groups in total. The molecule has 65 valence electrons. The smallest absolute Gasteiger partial charge is 0.0101 e. The molecule has 0 unspecified atom stereocenters. The van der Waals surface area contributed by atoms with Gasteiger partial charge in [0, 0.05) is 0 Å². The van der Waals surface area contributed by atoms with Gasteiger partial charge in [-0.3, -0.25) is 0 Å². The van der Waals surface area contributed by atoms with Crippen LogP contribution in [0.4, 0.5) is 0 Å². The van der Waals surface area contributed by atoms with Crippen LogP contribution in [0.5, 0.6) is 0 Å². The first-order valence-electron chi connectivity index (χ1n) is 4.50. The predicted octanol–water partition coefficient (Wildman–Crippen LogP) is 3.58. The molecule has 0 bridgehead atoms. The van der Waals surface area contributed by atoms with E-state index in [1.54, 1.807) is 0 Å². The van der Waals surface area contributed by atoms with Crippen molar-refractivity contribution in [3.8, 4) is 0 Å². The van der Waals surface area contributed by atoms with Crippen LogP contribution in [0.3, 0.4) is 0 Å². The number of benzene rings is 1. The third kappa shape index (κ3) is 2.10. The van der Waals surface area contributed by atoms with Crippen LogP contribution < -0.4 is 0 Å². The summed E-state index contributed by atoms with van der Waals surface area (Å²) in [6, 6.07) is 10.7. The topological polar surface area (TPSA) is 0 Å². The minimum atomic E-state index is 0.288. The van der Waals surface area contributed by atoms with Crippen LogP contribution in [-0.2, 0) is 5.41 Å². The van der Waals surface area contributed by atoms with Crippen LogP contribution in [0.15, 0.2) is 30.3 Å². The second kappa shape index (κ2) is 3.75. The molecule has 0 aromatic heterocycles. The zero-order valence-corrected chi connectivity index (χ0v) is 8.17. The standard InChI is InChI=1S/C12H17/c1-4-10-12(2,3)11-8-6-5-7-9-11/h4-9H,10H2,1-3H3. The quantitative estimate of drug-likeness (QED) is 0.635. The van der Waals surface area contributed by atoms with Crippen molar-refractivity contribution in [3.63, 3.8) is 0 Å². The Morgan fingerprint density at radius 1 is 1.17 bits per heavy atom. The van der Waals surface area contributed by atoms with Gasteiger partial charge in [-0.2, -0.15) is 0 Å². The van der Waals surface area contributed by atoms with Gasteiger partial charge >= 0.3 is 0 Å². The van der Waals surface area contributed by atoms with Gasteiger partial charge in [0.2, 0.25) is 0 Å². The summed E-state index contributed by atoms with van der Waals surface area (Å²) in [4.78, 5) is 0. The molecule has 0 spiro atoms. The molecule has 0 aliphatic rings. The Morgan fingerprint density at radius 2 is 1.75 bits per heavy atom. The van der Waals surface area contributed by atoms with Gasteiger partial charge in [-0.25, -0.2) is 0 Å². The molecule has 0 saturated heterocycles. The Morgan fingerprint density at radius 3 is 2.25 bits per heavy atom. The zero-order chi connectivity index (χ0) is 9.03. The highest BCUT2D eigenvalue weighted by Crippen LogP contribution is 2.27. The van der Waals surface area contributed by atoms with Gasteiger partial charge in [-0.15, -0.1) is 0 Å². The molecular formula is C12H17. The minimum absolute atomic E-state index is 0.288. The van der Waals surface area contributed by atoms with E-state index in [1.807, 2.05) is 0 Å². The van der Waals surface area contributed by atoms with Crippen molar-refractivity contribution in [2.75, 3.05) is 0 Å². The molecule has 1 rings (SSSR count). The van der Waals surface area contributed by atoms with E-state index < -0.39 is 0 Å². The van der Waals surface area contributed by atoms with Crippen molar-refractivity contribution in [3.05, 3.63) is 42.3 Å². The van der Waals surface area contributed by atoms with E-state index >= 15 is 0 Å². The largest absolute Gasteiger partial charge is 0.0622 e. The molecular weight excluding hydrogens is 144 g/mol. The van der Waals surface area contributed by atoms with E-state index in [0.717, 1.165) is 6.42 Å². The van der Waals surface area contributed by atoms with E-state index in [0.29, 0.717) is 0 Å². The highest BCUT2D eigenvalue weighted by molar-refractivity contribution is 5.23. The highest BCUT2D eigenvalue weighted by Gasteiger charge is 2.18. The van der Waals surface area contributed by atoms with Crippen LogP contribution in [0.2, 0.25) is 0 Å². The van der Waals surface area contributed by atoms with Crippen molar-refractivity contribution in [2.24, 2.45) is 0 Å². The van der Waals surface area contributed by atoms with Crippen molar-refractivity contribution >= 4 is 0 Å². The average molecular weight is 161 g/mol. The van der Waals surface area contributed by atoms with Gasteiger partial charge in [0.1, 0.15) is 0 Å². The highest BCUT2D eigenvalue weighted by atomic mass is 14.2. The van der Waals surface area contributed by atoms with E-state index in [2.05, 4.69) is 57.5 Å². The molecule has 0 aliphatic carbocycles. The fraction of sp³-hybridized carbons (Fsp3) is 0.417. The molecule has 12 heavy (non-hydrogen) atoms. The van der Waals surface area contributed by atoms with Crippen LogP contribution >= 0.6 is 0 Å². The van der Waals surface area contributed by atoms with Gasteiger partial charge in [0.05, 0.1) is 0 Å². The fourth-order valence-corrected chi connectivity index (χ4v) is 1.52. The van der Waals surface area contributed by atoms with Crippen molar-refractivity contribution in [1.82, 2.24) is 0 Å². The Labute approximate surface area is 75.6 Å². The third-order valence-electron chi connectivity index (χ3n) is 2.27. The van der Waals surface area contributed by atoms with Crippen LogP contribution in [0, 0.1) is 6.42 Å². The van der Waals surface area contributed by atoms with Gasteiger partial charge < -0.3 is 0 Å². The molecule has 0 atom stereocenters. The van der Waals surface area contributed by atoms with E-state index in [4.69, 9.17) is 0 Å². The summed E-state index contributed by atoms with van der Waals surface area (Å²) in [6.07, 6.45) is 3.37. The molecule has 1 radical (unpaired) electrons. The Bertz CT molecular complexity index is 221. The lowest BCUT2D eigenvalue weighted by atomic mass is 9.81. The number of hydrogen-bond acceptors (Lipinski definition) is 0. The lowest BCUT2D eigenvalue weighted by Crippen LogP contribution is -2.16. The number of hydrogen-bond donors (Lipinski definition) is 0. The maximum absolute atomic E-state index is 2.28. The van der Waals surface area contributed by atoms with Crippen LogP contribution in [0.1, 0.15) is 32.8 Å². The summed E-state index contributed by atoms with van der Waals surface area (Å²) in [5.74, 6) is 0. The Balaban J connectivity index is 2.82. The first-order valence-corrected chi connectivity index (χ1v) is 4.50. The second-order valence-electron chi connectivity index (χ2n) is 3.86. The van der Waals surface area contributed by atoms with E-state index in [-0.39, 0.29) is 5.41 Å². The summed E-state index contributed by atoms with van der Waals surface area (Å²) < 4.78 is 0. The molecule has 0 heteroatoms. The molecule has 1 aromatic carbocycles. The number of rotatable bonds is 3. The average Bonchev–Trinajstić information content (AvgIpc) is 2.06. The summed E-state index contributed by atoms with van der Waals surface area (Å²) in [5, 5.41) is 0. The summed E-state index contributed by atoms with van der Waals surface area (Å²) >= 11 is 0. The predicted molar refractivity (Wildman–Crippen MR) is 54.1 cm³/mol. The maximum Gasteiger partial charge on any atom is -0.0101 e. The van der Waals surface area contributed by atoms with Crippen LogP contribution in [-0.4, -0.2) is 0 Å². The molecule has 0 amide bonds. The summed E-state index contributed by atoms with van der Waals surface area (Å²) in [5.41, 5.74) is 1.71. The fourth-order valence-electron chi connectivity index (χ4n) is 1.52. The van der Waals surface area contributed by atoms with Crippen molar-refractivity contribution in [2.45, 2.75) is 32.6 Å². The maximum atomic E-state index is 2.28. The SMILES string of the molecule is C[CH]CC(C)(C)c1ccccc1. The van der Waals surface area contributed by atoms with E-state index in [9.17, 15) is 0 Å². The van der Waals surface area contributed by atoms with Crippen molar-refractivity contribution in [1.29, 1.82) is 0 Å². The summed E-state index contributed by atoms with van der Waals surface area (Å²) in [6.45, 7) is 6.68. The van der Waals surface area contributed by atoms with Crippen LogP contribution in [0.25, 0.3) is 0 Å². The first-order chi connectivity index (χ1) is 5.67. The second-order valence-corrected chi connectivity index (χ2v) is 3.86. The molecule has 0 fully saturated rings. The summed E-state index contributed by atoms with van der Waals surface area (Å²) in [7, 11) is 0. The molecule has 0 aliphatic heterocycles. The molecule has 0 nitrogen and oxygen atoms in total. The Kier molecular flexibility index (Phi) is 2.91.